The Morgan fingerprint density at radius 3 is 2.68 bits per heavy atom. The lowest BCUT2D eigenvalue weighted by atomic mass is 9.95. The number of aliphatic hydroxyl groups is 2. The summed E-state index contributed by atoms with van der Waals surface area (Å²) >= 11 is 7.37. The van der Waals surface area contributed by atoms with Crippen molar-refractivity contribution in [2.45, 2.75) is 30.8 Å². The van der Waals surface area contributed by atoms with Crippen molar-refractivity contribution < 1.29 is 28.1 Å². The van der Waals surface area contributed by atoms with Crippen LogP contribution < -0.4 is 0 Å². The number of nitrogens with zero attached hydrogens (tertiary/aromatic N) is 7. The van der Waals surface area contributed by atoms with E-state index >= 15 is 0 Å². The molecule has 38 heavy (non-hydrogen) atoms. The van der Waals surface area contributed by atoms with E-state index in [-0.39, 0.29) is 17.7 Å². The summed E-state index contributed by atoms with van der Waals surface area (Å²) in [5, 5.41) is 38.3. The maximum atomic E-state index is 13.7. The first-order valence-electron chi connectivity index (χ1n) is 11.3. The Balaban J connectivity index is 1.33. The molecule has 1 saturated heterocycles. The van der Waals surface area contributed by atoms with Gasteiger partial charge in [0, 0.05) is 23.1 Å². The van der Waals surface area contributed by atoms with Crippen LogP contribution in [0, 0.1) is 17.5 Å². The van der Waals surface area contributed by atoms with Crippen LogP contribution in [0.2, 0.25) is 5.15 Å². The highest BCUT2D eigenvalue weighted by Crippen LogP contribution is 2.38. The van der Waals surface area contributed by atoms with Gasteiger partial charge in [-0.3, -0.25) is 4.57 Å². The molecule has 10 nitrogen and oxygen atoms in total. The zero-order valence-corrected chi connectivity index (χ0v) is 20.7. The van der Waals surface area contributed by atoms with Crippen molar-refractivity contribution >= 4 is 33.2 Å². The Morgan fingerprint density at radius 2 is 1.92 bits per heavy atom. The van der Waals surface area contributed by atoms with Crippen molar-refractivity contribution in [1.29, 1.82) is 0 Å². The summed E-state index contributed by atoms with van der Waals surface area (Å²) in [5.74, 6) is -3.90. The van der Waals surface area contributed by atoms with E-state index in [0.717, 1.165) is 27.9 Å². The van der Waals surface area contributed by atoms with Gasteiger partial charge in [0.25, 0.3) is 0 Å². The third-order valence-corrected chi connectivity index (χ3v) is 7.63. The fourth-order valence-electron chi connectivity index (χ4n) is 4.52. The molecule has 4 unspecified atom stereocenters. The minimum atomic E-state index is -1.59. The summed E-state index contributed by atoms with van der Waals surface area (Å²) in [7, 11) is 0. The van der Waals surface area contributed by atoms with Crippen molar-refractivity contribution in [3.05, 3.63) is 71.3 Å². The van der Waals surface area contributed by atoms with Crippen molar-refractivity contribution in [2.75, 3.05) is 6.61 Å². The first-order chi connectivity index (χ1) is 18.3. The Morgan fingerprint density at radius 1 is 1.13 bits per heavy atom. The minimum absolute atomic E-state index is 0.0252. The van der Waals surface area contributed by atoms with E-state index in [9.17, 15) is 23.4 Å². The summed E-state index contributed by atoms with van der Waals surface area (Å²) in [4.78, 5) is 0. The highest BCUT2D eigenvalue weighted by Gasteiger charge is 2.41. The van der Waals surface area contributed by atoms with Gasteiger partial charge >= 0.3 is 0 Å². The van der Waals surface area contributed by atoms with Gasteiger partial charge in [0.05, 0.1) is 23.5 Å². The lowest BCUT2D eigenvalue weighted by Gasteiger charge is -2.38. The van der Waals surface area contributed by atoms with Crippen LogP contribution in [0.1, 0.15) is 24.4 Å². The molecule has 1 fully saturated rings. The van der Waals surface area contributed by atoms with Crippen LogP contribution in [0.25, 0.3) is 27.0 Å². The molecule has 1 aliphatic rings. The fraction of sp³-hybridized carbons (Fsp3) is 0.261. The third kappa shape index (κ3) is 4.23. The van der Waals surface area contributed by atoms with Crippen LogP contribution in [-0.4, -0.2) is 63.2 Å². The number of benzene rings is 2. The highest BCUT2D eigenvalue weighted by atomic mass is 35.5. The summed E-state index contributed by atoms with van der Waals surface area (Å²) in [5.41, 5.74) is 0.772. The zero-order valence-electron chi connectivity index (χ0n) is 19.1. The Hall–Kier alpha value is -3.43. The predicted molar refractivity (Wildman–Crippen MR) is 129 cm³/mol. The van der Waals surface area contributed by atoms with Gasteiger partial charge in [-0.2, -0.15) is 4.37 Å². The van der Waals surface area contributed by atoms with E-state index < -0.39 is 48.4 Å². The molecule has 196 valence electrons. The molecule has 2 aromatic carbocycles. The van der Waals surface area contributed by atoms with Gasteiger partial charge in [0.1, 0.15) is 30.3 Å². The lowest BCUT2D eigenvalue weighted by molar-refractivity contribution is -0.161. The minimum Gasteiger partial charge on any atom is -0.394 e. The lowest BCUT2D eigenvalue weighted by Crippen LogP contribution is -2.45. The molecule has 0 aliphatic carbocycles. The molecule has 5 aromatic rings. The van der Waals surface area contributed by atoms with Crippen molar-refractivity contribution in [3.8, 4) is 16.9 Å². The Kier molecular flexibility index (Phi) is 6.36. The third-order valence-electron chi connectivity index (χ3n) is 6.43. The van der Waals surface area contributed by atoms with Gasteiger partial charge in [-0.25, -0.2) is 17.9 Å². The predicted octanol–water partition coefficient (Wildman–Crippen LogP) is 3.63. The van der Waals surface area contributed by atoms with E-state index in [4.69, 9.17) is 16.3 Å². The second kappa shape index (κ2) is 9.71. The number of aromatic nitrogens is 7. The molecule has 4 heterocycles. The molecule has 0 bridgehead atoms. The number of hydrogen-bond acceptors (Lipinski definition) is 9. The maximum Gasteiger partial charge on any atom is 0.194 e. The average Bonchev–Trinajstić information content (AvgIpc) is 3.67. The van der Waals surface area contributed by atoms with Gasteiger partial charge in [-0.15, -0.1) is 15.3 Å². The summed E-state index contributed by atoms with van der Waals surface area (Å²) in [6, 6.07) is 6.41. The molecule has 3 aromatic heterocycles. The molecule has 4 atom stereocenters. The van der Waals surface area contributed by atoms with Gasteiger partial charge in [-0.1, -0.05) is 16.8 Å². The van der Waals surface area contributed by atoms with E-state index in [1.54, 1.807) is 4.57 Å². The first kappa shape index (κ1) is 24.9. The SMILES string of the molecule is OCC1OC(c2nncn2-c2ccc3c(Cl)nsc3c2)CC(n2cc(-c3cc(F)c(F)c(F)c3)nn2)C1O. The first-order valence-corrected chi connectivity index (χ1v) is 12.5. The van der Waals surface area contributed by atoms with Crippen LogP contribution >= 0.6 is 23.1 Å². The Labute approximate surface area is 221 Å². The van der Waals surface area contributed by atoms with Crippen LogP contribution in [0.3, 0.4) is 0 Å². The van der Waals surface area contributed by atoms with Crippen LogP contribution in [0.5, 0.6) is 0 Å². The van der Waals surface area contributed by atoms with E-state index in [2.05, 4.69) is 24.9 Å². The number of rotatable bonds is 5. The molecular formula is C23H17ClF3N7O3S. The molecule has 6 rings (SSSR count). The molecule has 0 spiro atoms. The molecule has 0 radical (unpaired) electrons. The van der Waals surface area contributed by atoms with Crippen molar-refractivity contribution in [1.82, 2.24) is 34.1 Å². The van der Waals surface area contributed by atoms with Crippen LogP contribution in [-0.2, 0) is 4.74 Å². The van der Waals surface area contributed by atoms with Crippen molar-refractivity contribution in [2.24, 2.45) is 0 Å². The highest BCUT2D eigenvalue weighted by molar-refractivity contribution is 7.13. The number of hydrogen-bond donors (Lipinski definition) is 2. The maximum absolute atomic E-state index is 13.7. The Bertz CT molecular complexity index is 1620. The molecule has 0 amide bonds. The largest absolute Gasteiger partial charge is 0.394 e. The fourth-order valence-corrected chi connectivity index (χ4v) is 5.56. The second-order valence-corrected chi connectivity index (χ2v) is 9.85. The van der Waals surface area contributed by atoms with Gasteiger partial charge < -0.3 is 14.9 Å². The number of fused-ring (bicyclic) bond motifs is 1. The van der Waals surface area contributed by atoms with E-state index in [0.29, 0.717) is 11.0 Å². The monoisotopic (exact) mass is 563 g/mol. The van der Waals surface area contributed by atoms with Gasteiger partial charge in [0.15, 0.2) is 28.4 Å². The van der Waals surface area contributed by atoms with E-state index in [1.165, 1.54) is 28.7 Å². The molecule has 0 saturated carbocycles. The van der Waals surface area contributed by atoms with Gasteiger partial charge in [-0.05, 0) is 41.9 Å². The number of halogens is 4. The standard InChI is InChI=1S/C23H17ClF3N7O3S/c24-22-12-2-1-11(5-19(12)38-31-22)33-9-28-30-23(33)17-6-16(21(36)18(8-35)37-17)34-7-15(29-32-34)10-3-13(25)20(27)14(26)4-10/h1-5,7,9,16-18,21,35-36H,6,8H2. The van der Waals surface area contributed by atoms with Crippen molar-refractivity contribution in [3.63, 3.8) is 0 Å². The quantitative estimate of drug-likeness (QED) is 0.311. The molecule has 15 heteroatoms. The van der Waals surface area contributed by atoms with Crippen LogP contribution in [0.4, 0.5) is 13.2 Å². The summed E-state index contributed by atoms with van der Waals surface area (Å²) < 4.78 is 54.9. The van der Waals surface area contributed by atoms with E-state index in [1.807, 2.05) is 18.2 Å². The second-order valence-electron chi connectivity index (χ2n) is 8.69. The topological polar surface area (TPSA) is 124 Å². The normalized spacial score (nSPS) is 21.8. The van der Waals surface area contributed by atoms with Gasteiger partial charge in [0.2, 0.25) is 0 Å². The molecule has 1 aliphatic heterocycles. The smallest absolute Gasteiger partial charge is 0.194 e. The number of aliphatic hydroxyl groups excluding tert-OH is 2. The van der Waals surface area contributed by atoms with Crippen LogP contribution in [0.15, 0.2) is 42.9 Å². The summed E-state index contributed by atoms with van der Waals surface area (Å²) in [6.45, 7) is -0.496. The molecule has 2 N–H and O–H groups in total. The average molecular weight is 564 g/mol. The summed E-state index contributed by atoms with van der Waals surface area (Å²) in [6.07, 6.45) is 0.127. The molecular weight excluding hydrogens is 547 g/mol. The zero-order chi connectivity index (χ0) is 26.6. The number of ether oxygens (including phenoxy) is 1.